The van der Waals surface area contributed by atoms with Gasteiger partial charge in [0.1, 0.15) is 0 Å². The van der Waals surface area contributed by atoms with Gasteiger partial charge in [0.05, 0.1) is 5.69 Å². The maximum absolute atomic E-state index is 12.2. The molecule has 0 bridgehead atoms. The normalized spacial score (nSPS) is 11.3. The van der Waals surface area contributed by atoms with Crippen LogP contribution in [0.15, 0.2) is 54.6 Å². The molecule has 0 fully saturated rings. The SMILES string of the molecule is Cc1csc2nc(CSc3nnc(-c4cccc(Br)c4)o3)cc(=O)n12. The Hall–Kier alpha value is -1.97. The molecule has 0 amide bonds. The summed E-state index contributed by atoms with van der Waals surface area (Å²) in [5, 5.41) is 10.5. The molecule has 4 aromatic rings. The fourth-order valence-corrected chi connectivity index (χ4v) is 4.26. The van der Waals surface area contributed by atoms with Crippen LogP contribution in [0.5, 0.6) is 0 Å². The van der Waals surface area contributed by atoms with Gasteiger partial charge in [-0.15, -0.1) is 21.5 Å². The molecule has 9 heteroatoms. The highest BCUT2D eigenvalue weighted by Crippen LogP contribution is 2.26. The lowest BCUT2D eigenvalue weighted by molar-refractivity contribution is 0.466. The monoisotopic (exact) mass is 434 g/mol. The fourth-order valence-electron chi connectivity index (χ4n) is 2.32. The Morgan fingerprint density at radius 1 is 1.32 bits per heavy atom. The second kappa shape index (κ2) is 6.74. The number of thiazole rings is 1. The lowest BCUT2D eigenvalue weighted by atomic mass is 10.2. The predicted octanol–water partition coefficient (Wildman–Crippen LogP) is 4.17. The van der Waals surface area contributed by atoms with E-state index in [0.717, 1.165) is 15.7 Å². The highest BCUT2D eigenvalue weighted by atomic mass is 79.9. The summed E-state index contributed by atoms with van der Waals surface area (Å²) >= 11 is 6.23. The van der Waals surface area contributed by atoms with Crippen LogP contribution in [-0.2, 0) is 5.75 Å². The summed E-state index contributed by atoms with van der Waals surface area (Å²) in [5.74, 6) is 0.948. The Morgan fingerprint density at radius 3 is 3.04 bits per heavy atom. The number of aromatic nitrogens is 4. The molecule has 3 heterocycles. The molecule has 0 spiro atoms. The van der Waals surface area contributed by atoms with Crippen molar-refractivity contribution in [3.63, 3.8) is 0 Å². The predicted molar refractivity (Wildman–Crippen MR) is 101 cm³/mol. The molecule has 4 rings (SSSR count). The van der Waals surface area contributed by atoms with Gasteiger partial charge < -0.3 is 4.42 Å². The van der Waals surface area contributed by atoms with E-state index < -0.39 is 0 Å². The van der Waals surface area contributed by atoms with Gasteiger partial charge in [-0.3, -0.25) is 9.20 Å². The number of thioether (sulfide) groups is 1. The van der Waals surface area contributed by atoms with Gasteiger partial charge in [0.25, 0.3) is 10.8 Å². The Bertz CT molecular complexity index is 1120. The second-order valence-corrected chi connectivity index (χ2v) is 7.93. The standard InChI is InChI=1S/C16H11BrN4O2S2/c1-9-7-24-15-18-12(6-13(22)21(9)15)8-25-16-20-19-14(23-16)10-3-2-4-11(17)5-10/h2-7H,8H2,1H3. The third-order valence-electron chi connectivity index (χ3n) is 3.45. The fraction of sp³-hybridized carbons (Fsp3) is 0.125. The number of benzene rings is 1. The smallest absolute Gasteiger partial charge is 0.277 e. The van der Waals surface area contributed by atoms with Crippen LogP contribution in [0.25, 0.3) is 16.4 Å². The largest absolute Gasteiger partial charge is 0.411 e. The van der Waals surface area contributed by atoms with E-state index in [2.05, 4.69) is 31.1 Å². The van der Waals surface area contributed by atoms with Crippen LogP contribution < -0.4 is 5.56 Å². The van der Waals surface area contributed by atoms with Crippen LogP contribution in [0.3, 0.4) is 0 Å². The lowest BCUT2D eigenvalue weighted by Crippen LogP contribution is -2.14. The average Bonchev–Trinajstić information content (AvgIpc) is 3.20. The highest BCUT2D eigenvalue weighted by Gasteiger charge is 2.11. The Morgan fingerprint density at radius 2 is 2.20 bits per heavy atom. The topological polar surface area (TPSA) is 73.3 Å². The highest BCUT2D eigenvalue weighted by molar-refractivity contribution is 9.10. The molecule has 0 aliphatic rings. The van der Waals surface area contributed by atoms with Crippen LogP contribution in [0.2, 0.25) is 0 Å². The molecular formula is C16H11BrN4O2S2. The summed E-state index contributed by atoms with van der Waals surface area (Å²) in [4.78, 5) is 17.4. The van der Waals surface area contributed by atoms with E-state index >= 15 is 0 Å². The number of hydrogen-bond acceptors (Lipinski definition) is 7. The molecular weight excluding hydrogens is 424 g/mol. The molecule has 0 saturated heterocycles. The van der Waals surface area contributed by atoms with Crippen LogP contribution in [0.4, 0.5) is 0 Å². The molecule has 0 saturated carbocycles. The van der Waals surface area contributed by atoms with Crippen molar-refractivity contribution in [3.05, 3.63) is 61.9 Å². The molecule has 6 nitrogen and oxygen atoms in total. The minimum Gasteiger partial charge on any atom is -0.411 e. The first-order valence-electron chi connectivity index (χ1n) is 7.29. The van der Waals surface area contributed by atoms with Crippen LogP contribution in [0, 0.1) is 6.92 Å². The van der Waals surface area contributed by atoms with Crippen molar-refractivity contribution in [1.82, 2.24) is 19.6 Å². The third-order valence-corrected chi connectivity index (χ3v) is 5.74. The van der Waals surface area contributed by atoms with E-state index in [-0.39, 0.29) is 5.56 Å². The Labute approximate surface area is 159 Å². The van der Waals surface area contributed by atoms with Gasteiger partial charge in [-0.05, 0) is 25.1 Å². The first kappa shape index (κ1) is 16.5. The Balaban J connectivity index is 1.53. The van der Waals surface area contributed by atoms with Gasteiger partial charge in [-0.1, -0.05) is 33.8 Å². The number of fused-ring (bicyclic) bond motifs is 1. The van der Waals surface area contributed by atoms with E-state index in [1.165, 1.54) is 23.1 Å². The molecule has 25 heavy (non-hydrogen) atoms. The number of hydrogen-bond donors (Lipinski definition) is 0. The minimum absolute atomic E-state index is 0.0697. The van der Waals surface area contributed by atoms with Crippen molar-refractivity contribution in [2.45, 2.75) is 17.9 Å². The van der Waals surface area contributed by atoms with Crippen LogP contribution >= 0.6 is 39.0 Å². The molecule has 126 valence electrons. The van der Waals surface area contributed by atoms with Crippen molar-refractivity contribution in [2.75, 3.05) is 0 Å². The molecule has 0 aliphatic carbocycles. The summed E-state index contributed by atoms with van der Waals surface area (Å²) in [6.07, 6.45) is 0. The van der Waals surface area contributed by atoms with E-state index in [0.29, 0.717) is 27.5 Å². The number of rotatable bonds is 4. The van der Waals surface area contributed by atoms with Gasteiger partial charge >= 0.3 is 0 Å². The molecule has 0 atom stereocenters. The maximum atomic E-state index is 12.2. The first-order chi connectivity index (χ1) is 12.1. The summed E-state index contributed by atoms with van der Waals surface area (Å²) in [6.45, 7) is 1.89. The van der Waals surface area contributed by atoms with Crippen molar-refractivity contribution in [1.29, 1.82) is 0 Å². The van der Waals surface area contributed by atoms with Gasteiger partial charge in [0.2, 0.25) is 5.89 Å². The van der Waals surface area contributed by atoms with Gasteiger partial charge in [0, 0.05) is 32.9 Å². The molecule has 1 aromatic carbocycles. The lowest BCUT2D eigenvalue weighted by Gasteiger charge is -1.99. The number of halogens is 1. The van der Waals surface area contributed by atoms with E-state index in [1.807, 2.05) is 36.6 Å². The third kappa shape index (κ3) is 3.39. The van der Waals surface area contributed by atoms with Crippen molar-refractivity contribution in [3.8, 4) is 11.5 Å². The molecule has 3 aromatic heterocycles. The van der Waals surface area contributed by atoms with Gasteiger partial charge in [-0.25, -0.2) is 4.98 Å². The number of aryl methyl sites for hydroxylation is 1. The zero-order chi connectivity index (χ0) is 17.4. The quantitative estimate of drug-likeness (QED) is 0.448. The minimum atomic E-state index is -0.0697. The van der Waals surface area contributed by atoms with Gasteiger partial charge in [-0.2, -0.15) is 0 Å². The maximum Gasteiger partial charge on any atom is 0.277 e. The van der Waals surface area contributed by atoms with Crippen molar-refractivity contribution < 1.29 is 4.42 Å². The summed E-state index contributed by atoms with van der Waals surface area (Å²) < 4.78 is 8.23. The zero-order valence-electron chi connectivity index (χ0n) is 13.0. The van der Waals surface area contributed by atoms with E-state index in [4.69, 9.17) is 4.42 Å². The molecule has 0 unspecified atom stereocenters. The Kier molecular flexibility index (Phi) is 4.45. The van der Waals surface area contributed by atoms with E-state index in [9.17, 15) is 4.79 Å². The summed E-state index contributed by atoms with van der Waals surface area (Å²) in [6, 6.07) is 9.21. The van der Waals surface area contributed by atoms with Gasteiger partial charge in [0.15, 0.2) is 4.96 Å². The molecule has 0 radical (unpaired) electrons. The molecule has 0 N–H and O–H groups in total. The summed E-state index contributed by atoms with van der Waals surface area (Å²) in [5.41, 5.74) is 2.37. The van der Waals surface area contributed by atoms with Crippen molar-refractivity contribution in [2.24, 2.45) is 0 Å². The average molecular weight is 435 g/mol. The summed E-state index contributed by atoms with van der Waals surface area (Å²) in [7, 11) is 0. The second-order valence-electron chi connectivity index (χ2n) is 5.25. The van der Waals surface area contributed by atoms with Crippen LogP contribution in [-0.4, -0.2) is 19.6 Å². The van der Waals surface area contributed by atoms with E-state index in [1.54, 1.807) is 10.5 Å². The zero-order valence-corrected chi connectivity index (χ0v) is 16.2. The molecule has 0 aliphatic heterocycles. The first-order valence-corrected chi connectivity index (χ1v) is 9.95. The van der Waals surface area contributed by atoms with Crippen molar-refractivity contribution >= 4 is 44.0 Å². The van der Waals surface area contributed by atoms with Crippen LogP contribution in [0.1, 0.15) is 11.4 Å². The number of nitrogens with zero attached hydrogens (tertiary/aromatic N) is 4.